The Labute approximate surface area is 204 Å². The van der Waals surface area contributed by atoms with Crippen LogP contribution in [0.3, 0.4) is 0 Å². The van der Waals surface area contributed by atoms with Gasteiger partial charge in [-0.25, -0.2) is 28.8 Å². The van der Waals surface area contributed by atoms with Crippen molar-refractivity contribution in [3.8, 4) is 0 Å². The quantitative estimate of drug-likeness (QED) is 0.244. The van der Waals surface area contributed by atoms with Crippen LogP contribution < -0.4 is 0 Å². The van der Waals surface area contributed by atoms with Crippen molar-refractivity contribution in [1.82, 2.24) is 29.4 Å². The molecule has 6 amide bonds. The van der Waals surface area contributed by atoms with Gasteiger partial charge in [-0.2, -0.15) is 0 Å². The summed E-state index contributed by atoms with van der Waals surface area (Å²) in [7, 11) is 0. The molecule has 0 bridgehead atoms. The second kappa shape index (κ2) is 14.1. The van der Waals surface area contributed by atoms with Crippen LogP contribution in [0.15, 0.2) is 0 Å². The first-order valence-corrected chi connectivity index (χ1v) is 10.7. The van der Waals surface area contributed by atoms with Gasteiger partial charge in [-0.05, 0) is 0 Å². The summed E-state index contributed by atoms with van der Waals surface area (Å²) in [5, 5.41) is 56.5. The molecule has 1 fully saturated rings. The molecule has 36 heavy (non-hydrogen) atoms. The van der Waals surface area contributed by atoms with Gasteiger partial charge in [0.25, 0.3) is 0 Å². The zero-order valence-electron chi connectivity index (χ0n) is 19.3. The number of hydrogen-bond donors (Lipinski definition) is 6. The smallest absolute Gasteiger partial charge is 0.407 e. The van der Waals surface area contributed by atoms with E-state index in [2.05, 4.69) is 0 Å². The SMILES string of the molecule is O=C(O)N1CCN(C(=O)O)CCN(C(=O)O)CCN(C(=O)O)CCN(C(=O)O)CCN(C(=O)O)CC1. The molecule has 6 N–H and O–H groups in total. The van der Waals surface area contributed by atoms with E-state index in [1.54, 1.807) is 0 Å². The molecule has 1 rings (SSSR count). The summed E-state index contributed by atoms with van der Waals surface area (Å²) in [5.41, 5.74) is 0. The molecule has 1 aliphatic heterocycles. The fourth-order valence-corrected chi connectivity index (χ4v) is 3.27. The largest absolute Gasteiger partial charge is 0.465 e. The van der Waals surface area contributed by atoms with Crippen LogP contribution in [-0.4, -0.2) is 175 Å². The fraction of sp³-hybridized carbons (Fsp3) is 0.667. The molecular formula is C18H30N6O12. The van der Waals surface area contributed by atoms with Gasteiger partial charge >= 0.3 is 36.6 Å². The number of carbonyl (C=O) groups is 6. The zero-order valence-corrected chi connectivity index (χ0v) is 19.3. The first-order chi connectivity index (χ1) is 16.8. The van der Waals surface area contributed by atoms with Crippen molar-refractivity contribution in [2.45, 2.75) is 0 Å². The normalized spacial score (nSPS) is 17.7. The molecule has 0 aromatic heterocycles. The molecule has 0 aromatic carbocycles. The Kier molecular flexibility index (Phi) is 11.6. The minimum absolute atomic E-state index is 0.337. The molecule has 1 heterocycles. The van der Waals surface area contributed by atoms with Crippen molar-refractivity contribution < 1.29 is 59.4 Å². The first kappa shape index (κ1) is 29.7. The average molecular weight is 522 g/mol. The van der Waals surface area contributed by atoms with E-state index in [9.17, 15) is 59.4 Å². The van der Waals surface area contributed by atoms with Crippen LogP contribution in [0.2, 0.25) is 0 Å². The first-order valence-electron chi connectivity index (χ1n) is 10.7. The summed E-state index contributed by atoms with van der Waals surface area (Å²) in [6, 6.07) is 0. The molecule has 204 valence electrons. The summed E-state index contributed by atoms with van der Waals surface area (Å²) in [5.74, 6) is 0. The minimum atomic E-state index is -1.44. The summed E-state index contributed by atoms with van der Waals surface area (Å²) in [6.45, 7) is -4.05. The van der Waals surface area contributed by atoms with Crippen LogP contribution in [-0.2, 0) is 0 Å². The third-order valence-corrected chi connectivity index (χ3v) is 5.46. The second-order valence-corrected chi connectivity index (χ2v) is 7.62. The van der Waals surface area contributed by atoms with Gasteiger partial charge < -0.3 is 60.0 Å². The average Bonchev–Trinajstić information content (AvgIpc) is 2.76. The van der Waals surface area contributed by atoms with E-state index in [0.29, 0.717) is 0 Å². The van der Waals surface area contributed by atoms with Gasteiger partial charge in [0.2, 0.25) is 0 Å². The van der Waals surface area contributed by atoms with Crippen molar-refractivity contribution >= 4 is 36.6 Å². The van der Waals surface area contributed by atoms with Gasteiger partial charge in [-0.3, -0.25) is 0 Å². The maximum Gasteiger partial charge on any atom is 0.407 e. The Hall–Kier alpha value is -4.38. The van der Waals surface area contributed by atoms with E-state index in [1.165, 1.54) is 0 Å². The van der Waals surface area contributed by atoms with Crippen molar-refractivity contribution in [2.75, 3.05) is 78.5 Å². The molecule has 0 unspecified atom stereocenters. The lowest BCUT2D eigenvalue weighted by molar-refractivity contribution is 0.0941. The van der Waals surface area contributed by atoms with Crippen LogP contribution in [0.5, 0.6) is 0 Å². The number of carboxylic acid groups (broad SMARTS) is 6. The molecule has 1 saturated heterocycles. The molecule has 18 heteroatoms. The van der Waals surface area contributed by atoms with Crippen LogP contribution in [0.1, 0.15) is 0 Å². The van der Waals surface area contributed by atoms with Crippen LogP contribution in [0.25, 0.3) is 0 Å². The van der Waals surface area contributed by atoms with E-state index in [4.69, 9.17) is 0 Å². The molecule has 0 atom stereocenters. The van der Waals surface area contributed by atoms with E-state index < -0.39 is 36.6 Å². The molecule has 0 aliphatic carbocycles. The highest BCUT2D eigenvalue weighted by Gasteiger charge is 2.24. The van der Waals surface area contributed by atoms with Gasteiger partial charge in [0.15, 0.2) is 0 Å². The highest BCUT2D eigenvalue weighted by atomic mass is 16.4. The Bertz CT molecular complexity index is 632. The maximum atomic E-state index is 11.6. The number of amides is 6. The highest BCUT2D eigenvalue weighted by Crippen LogP contribution is 2.03. The van der Waals surface area contributed by atoms with E-state index in [1.807, 2.05) is 0 Å². The topological polar surface area (TPSA) is 243 Å². The monoisotopic (exact) mass is 522 g/mol. The minimum Gasteiger partial charge on any atom is -0.465 e. The third kappa shape index (κ3) is 9.85. The summed E-state index contributed by atoms with van der Waals surface area (Å²) < 4.78 is 0. The van der Waals surface area contributed by atoms with Gasteiger partial charge in [0, 0.05) is 78.5 Å². The van der Waals surface area contributed by atoms with E-state index in [-0.39, 0.29) is 78.5 Å². The Morgan fingerprint density at radius 1 is 0.278 bits per heavy atom. The van der Waals surface area contributed by atoms with Gasteiger partial charge in [0.05, 0.1) is 0 Å². The zero-order chi connectivity index (χ0) is 27.4. The van der Waals surface area contributed by atoms with Gasteiger partial charge in [0.1, 0.15) is 0 Å². The Morgan fingerprint density at radius 2 is 0.361 bits per heavy atom. The Balaban J connectivity index is 3.18. The molecular weight excluding hydrogens is 492 g/mol. The number of nitrogens with zero attached hydrogens (tertiary/aromatic N) is 6. The molecule has 0 radical (unpaired) electrons. The van der Waals surface area contributed by atoms with Crippen LogP contribution in [0, 0.1) is 0 Å². The second-order valence-electron chi connectivity index (χ2n) is 7.62. The molecule has 0 aromatic rings. The van der Waals surface area contributed by atoms with Crippen molar-refractivity contribution in [2.24, 2.45) is 0 Å². The predicted octanol–water partition coefficient (Wildman–Crippen LogP) is -0.120. The third-order valence-electron chi connectivity index (χ3n) is 5.46. The van der Waals surface area contributed by atoms with Crippen molar-refractivity contribution in [3.63, 3.8) is 0 Å². The molecule has 18 nitrogen and oxygen atoms in total. The summed E-state index contributed by atoms with van der Waals surface area (Å²) in [6.07, 6.45) is -8.62. The molecule has 1 aliphatic rings. The highest BCUT2D eigenvalue weighted by molar-refractivity contribution is 5.69. The van der Waals surface area contributed by atoms with E-state index >= 15 is 0 Å². The predicted molar refractivity (Wildman–Crippen MR) is 118 cm³/mol. The van der Waals surface area contributed by atoms with Gasteiger partial charge in [-0.15, -0.1) is 0 Å². The lowest BCUT2D eigenvalue weighted by Crippen LogP contribution is -2.49. The summed E-state index contributed by atoms with van der Waals surface area (Å²) in [4.78, 5) is 74.2. The fourth-order valence-electron chi connectivity index (χ4n) is 3.27. The van der Waals surface area contributed by atoms with Crippen LogP contribution in [0.4, 0.5) is 28.8 Å². The molecule has 0 saturated carbocycles. The van der Waals surface area contributed by atoms with Crippen LogP contribution >= 0.6 is 0 Å². The lowest BCUT2D eigenvalue weighted by atomic mass is 10.3. The van der Waals surface area contributed by atoms with Gasteiger partial charge in [-0.1, -0.05) is 0 Å². The standard InChI is InChI=1S/C18H30N6O12/c25-13(26)19-1-2-20(14(27)28)5-6-22(16(31)32)9-10-24(18(35)36)12-11-23(17(33)34)8-7-21(4-3-19)15(29)30/h1-12H2,(H,25,26)(H,27,28)(H,29,30)(H,31,32)(H,33,34)(H,35,36). The maximum absolute atomic E-state index is 11.6. The van der Waals surface area contributed by atoms with Crippen molar-refractivity contribution in [1.29, 1.82) is 0 Å². The van der Waals surface area contributed by atoms with Crippen molar-refractivity contribution in [3.05, 3.63) is 0 Å². The lowest BCUT2D eigenvalue weighted by Gasteiger charge is -2.31. The molecule has 0 spiro atoms. The number of rotatable bonds is 0. The van der Waals surface area contributed by atoms with E-state index in [0.717, 1.165) is 29.4 Å². The summed E-state index contributed by atoms with van der Waals surface area (Å²) >= 11 is 0. The number of hydrogen-bond acceptors (Lipinski definition) is 6. The Morgan fingerprint density at radius 3 is 0.417 bits per heavy atom.